The van der Waals surface area contributed by atoms with Crippen LogP contribution in [0.25, 0.3) is 10.2 Å². The molecule has 0 aromatic carbocycles. The molecule has 114 valence electrons. The smallest absolute Gasteiger partial charge is 0.263 e. The molecule has 2 heterocycles. The van der Waals surface area contributed by atoms with E-state index < -0.39 is 0 Å². The predicted octanol–water partition coefficient (Wildman–Crippen LogP) is 2.83. The van der Waals surface area contributed by atoms with Gasteiger partial charge in [-0.3, -0.25) is 9.36 Å². The summed E-state index contributed by atoms with van der Waals surface area (Å²) in [5, 5.41) is 10.6. The fourth-order valence-electron chi connectivity index (χ4n) is 2.84. The summed E-state index contributed by atoms with van der Waals surface area (Å²) in [7, 11) is 0. The van der Waals surface area contributed by atoms with E-state index >= 15 is 0 Å². The van der Waals surface area contributed by atoms with Crippen LogP contribution in [0, 0.1) is 0 Å². The third kappa shape index (κ3) is 2.76. The Morgan fingerprint density at radius 2 is 2.19 bits per heavy atom. The Labute approximate surface area is 132 Å². The lowest BCUT2D eigenvalue weighted by atomic mass is 9.97. The molecule has 0 unspecified atom stereocenters. The number of rotatable bonds is 5. The fraction of sp³-hybridized carbons (Fsp3) is 0.600. The molecule has 0 radical (unpaired) electrons. The molecule has 0 fully saturated rings. The monoisotopic (exact) mass is 324 g/mol. The lowest BCUT2D eigenvalue weighted by Gasteiger charge is -2.12. The van der Waals surface area contributed by atoms with Crippen molar-refractivity contribution in [3.05, 3.63) is 20.8 Å². The maximum Gasteiger partial charge on any atom is 0.263 e. The van der Waals surface area contributed by atoms with Crippen LogP contribution in [-0.2, 0) is 19.4 Å². The Hall–Kier alpha value is -0.850. The normalized spacial score (nSPS) is 14.6. The second-order valence-electron chi connectivity index (χ2n) is 5.26. The third-order valence-electron chi connectivity index (χ3n) is 3.89. The second kappa shape index (κ2) is 6.50. The second-order valence-corrected chi connectivity index (χ2v) is 7.41. The van der Waals surface area contributed by atoms with E-state index in [0.29, 0.717) is 6.54 Å². The highest BCUT2D eigenvalue weighted by atomic mass is 32.2. The van der Waals surface area contributed by atoms with E-state index in [-0.39, 0.29) is 12.2 Å². The highest BCUT2D eigenvalue weighted by Gasteiger charge is 2.21. The van der Waals surface area contributed by atoms with Crippen molar-refractivity contribution >= 4 is 33.3 Å². The van der Waals surface area contributed by atoms with Crippen LogP contribution < -0.4 is 5.56 Å². The molecule has 1 aliphatic rings. The molecule has 1 aliphatic carbocycles. The highest BCUT2D eigenvalue weighted by molar-refractivity contribution is 7.99. The lowest BCUT2D eigenvalue weighted by molar-refractivity contribution is 0.296. The standard InChI is InChI=1S/C15H20N2O2S2/c1-2-17-14(19)12-10-6-3-4-7-11(10)21-13(12)16-15(17)20-9-5-8-18/h18H,2-9H2,1H3. The molecule has 0 aliphatic heterocycles. The van der Waals surface area contributed by atoms with Gasteiger partial charge in [0.05, 0.1) is 5.39 Å². The first-order valence-electron chi connectivity index (χ1n) is 7.55. The number of aromatic nitrogens is 2. The molecule has 3 rings (SSSR count). The van der Waals surface area contributed by atoms with E-state index in [1.165, 1.54) is 23.3 Å². The van der Waals surface area contributed by atoms with Crippen LogP contribution in [0.4, 0.5) is 0 Å². The number of aliphatic hydroxyl groups excluding tert-OH is 1. The molecule has 1 N–H and O–H groups in total. The molecule has 6 heteroatoms. The van der Waals surface area contributed by atoms with Gasteiger partial charge in [0.1, 0.15) is 4.83 Å². The summed E-state index contributed by atoms with van der Waals surface area (Å²) in [6, 6.07) is 0. The first-order chi connectivity index (χ1) is 10.3. The number of fused-ring (bicyclic) bond motifs is 3. The van der Waals surface area contributed by atoms with Crippen LogP contribution in [0.15, 0.2) is 9.95 Å². The predicted molar refractivity (Wildman–Crippen MR) is 88.6 cm³/mol. The largest absolute Gasteiger partial charge is 0.396 e. The maximum absolute atomic E-state index is 12.8. The van der Waals surface area contributed by atoms with E-state index in [2.05, 4.69) is 0 Å². The van der Waals surface area contributed by atoms with E-state index in [1.54, 1.807) is 27.7 Å². The van der Waals surface area contributed by atoms with Crippen LogP contribution in [0.3, 0.4) is 0 Å². The first-order valence-corrected chi connectivity index (χ1v) is 9.35. The fourth-order valence-corrected chi connectivity index (χ4v) is 5.13. The molecule has 0 saturated carbocycles. The van der Waals surface area contributed by atoms with Crippen molar-refractivity contribution in [2.24, 2.45) is 0 Å². The quantitative estimate of drug-likeness (QED) is 0.522. The lowest BCUT2D eigenvalue weighted by Crippen LogP contribution is -2.23. The average Bonchev–Trinajstić information content (AvgIpc) is 2.86. The van der Waals surface area contributed by atoms with E-state index in [1.807, 2.05) is 6.92 Å². The van der Waals surface area contributed by atoms with Gasteiger partial charge in [-0.25, -0.2) is 4.98 Å². The van der Waals surface area contributed by atoms with E-state index in [9.17, 15) is 4.79 Å². The van der Waals surface area contributed by atoms with Gasteiger partial charge in [0.2, 0.25) is 0 Å². The molecular formula is C15H20N2O2S2. The van der Waals surface area contributed by atoms with Crippen LogP contribution >= 0.6 is 23.1 Å². The molecular weight excluding hydrogens is 304 g/mol. The minimum absolute atomic E-state index is 0.119. The van der Waals surface area contributed by atoms with Gasteiger partial charge < -0.3 is 5.11 Å². The Balaban J connectivity index is 2.11. The summed E-state index contributed by atoms with van der Waals surface area (Å²) in [6.45, 7) is 2.82. The van der Waals surface area contributed by atoms with Gasteiger partial charge in [-0.1, -0.05) is 11.8 Å². The molecule has 2 aromatic heterocycles. The van der Waals surface area contributed by atoms with Gasteiger partial charge in [0, 0.05) is 23.8 Å². The average molecular weight is 324 g/mol. The van der Waals surface area contributed by atoms with Crippen molar-refractivity contribution in [2.75, 3.05) is 12.4 Å². The summed E-state index contributed by atoms with van der Waals surface area (Å²) in [5.41, 5.74) is 1.38. The summed E-state index contributed by atoms with van der Waals surface area (Å²) in [4.78, 5) is 19.8. The Morgan fingerprint density at radius 1 is 1.38 bits per heavy atom. The molecule has 0 spiro atoms. The van der Waals surface area contributed by atoms with Crippen LogP contribution in [0.5, 0.6) is 0 Å². The maximum atomic E-state index is 12.8. The molecule has 0 bridgehead atoms. The highest BCUT2D eigenvalue weighted by Crippen LogP contribution is 2.34. The van der Waals surface area contributed by atoms with E-state index in [0.717, 1.165) is 40.4 Å². The van der Waals surface area contributed by atoms with Crippen LogP contribution in [0.1, 0.15) is 36.6 Å². The summed E-state index contributed by atoms with van der Waals surface area (Å²) in [6.07, 6.45) is 5.24. The van der Waals surface area contributed by atoms with Gasteiger partial charge >= 0.3 is 0 Å². The van der Waals surface area contributed by atoms with Crippen LogP contribution in [-0.4, -0.2) is 27.0 Å². The van der Waals surface area contributed by atoms with Gasteiger partial charge in [-0.15, -0.1) is 11.3 Å². The number of thiophene rings is 1. The summed E-state index contributed by atoms with van der Waals surface area (Å²) in [5.74, 6) is 0.791. The van der Waals surface area contributed by atoms with Crippen molar-refractivity contribution in [3.63, 3.8) is 0 Å². The number of nitrogens with zero attached hydrogens (tertiary/aromatic N) is 2. The van der Waals surface area contributed by atoms with Crippen LogP contribution in [0.2, 0.25) is 0 Å². The zero-order valence-corrected chi connectivity index (χ0v) is 13.9. The molecule has 2 aromatic rings. The Morgan fingerprint density at radius 3 is 2.95 bits per heavy atom. The minimum Gasteiger partial charge on any atom is -0.396 e. The SMILES string of the molecule is CCn1c(SCCCO)nc2sc3c(c2c1=O)CCCC3. The third-order valence-corrected chi connectivity index (χ3v) is 6.14. The zero-order valence-electron chi connectivity index (χ0n) is 12.2. The first kappa shape index (κ1) is 15.1. The Kier molecular flexibility index (Phi) is 4.66. The van der Waals surface area contributed by atoms with Crippen molar-refractivity contribution in [2.45, 2.75) is 50.7 Å². The number of aryl methyl sites for hydroxylation is 2. The van der Waals surface area contributed by atoms with Crippen molar-refractivity contribution in [1.82, 2.24) is 9.55 Å². The van der Waals surface area contributed by atoms with Crippen molar-refractivity contribution in [3.8, 4) is 0 Å². The summed E-state index contributed by atoms with van der Waals surface area (Å²) < 4.78 is 1.78. The number of hydrogen-bond donors (Lipinski definition) is 1. The number of thioether (sulfide) groups is 1. The van der Waals surface area contributed by atoms with Crippen molar-refractivity contribution in [1.29, 1.82) is 0 Å². The number of aliphatic hydroxyl groups is 1. The van der Waals surface area contributed by atoms with Crippen molar-refractivity contribution < 1.29 is 5.11 Å². The molecule has 0 atom stereocenters. The molecule has 0 saturated heterocycles. The van der Waals surface area contributed by atoms with Gasteiger partial charge in [-0.05, 0) is 44.6 Å². The van der Waals surface area contributed by atoms with Gasteiger partial charge in [0.15, 0.2) is 5.16 Å². The number of hydrogen-bond acceptors (Lipinski definition) is 5. The molecule has 21 heavy (non-hydrogen) atoms. The minimum atomic E-state index is 0.119. The molecule has 0 amide bonds. The zero-order chi connectivity index (χ0) is 14.8. The topological polar surface area (TPSA) is 55.1 Å². The molecule has 4 nitrogen and oxygen atoms in total. The van der Waals surface area contributed by atoms with Gasteiger partial charge in [0.25, 0.3) is 5.56 Å². The van der Waals surface area contributed by atoms with Gasteiger partial charge in [-0.2, -0.15) is 0 Å². The van der Waals surface area contributed by atoms with E-state index in [4.69, 9.17) is 10.1 Å². The summed E-state index contributed by atoms with van der Waals surface area (Å²) >= 11 is 3.27. The Bertz CT molecular complexity index is 706.